The van der Waals surface area contributed by atoms with Crippen LogP contribution in [0.2, 0.25) is 0 Å². The van der Waals surface area contributed by atoms with E-state index in [1.807, 2.05) is 42.5 Å². The van der Waals surface area contributed by atoms with E-state index in [-0.39, 0.29) is 24.9 Å². The smallest absolute Gasteiger partial charge is 0.255 e. The summed E-state index contributed by atoms with van der Waals surface area (Å²) in [6, 6.07) is 21.5. The second-order valence-corrected chi connectivity index (χ2v) is 8.72. The van der Waals surface area contributed by atoms with Crippen molar-refractivity contribution < 1.29 is 19.1 Å². The minimum atomic E-state index is -1.10. The van der Waals surface area contributed by atoms with Gasteiger partial charge in [-0.05, 0) is 37.2 Å². The van der Waals surface area contributed by atoms with Gasteiger partial charge in [-0.3, -0.25) is 19.3 Å². The number of nitrogens with one attached hydrogen (secondary N) is 2. The third-order valence-corrected chi connectivity index (χ3v) is 6.37. The van der Waals surface area contributed by atoms with Crippen molar-refractivity contribution in [1.29, 1.82) is 0 Å². The SMILES string of the molecule is CNC(C)C(=O)NC(C(=O)N1c2ccccc2CC1C(N)=O)c1ccccc1OCc1ccccc1.Cl. The highest BCUT2D eigenvalue weighted by atomic mass is 35.5. The molecule has 4 N–H and O–H groups in total. The monoisotopic (exact) mass is 522 g/mol. The van der Waals surface area contributed by atoms with Gasteiger partial charge in [0.25, 0.3) is 5.91 Å². The van der Waals surface area contributed by atoms with Crippen LogP contribution in [-0.4, -0.2) is 36.9 Å². The van der Waals surface area contributed by atoms with Crippen molar-refractivity contribution >= 4 is 35.8 Å². The number of rotatable bonds is 9. The molecule has 0 bridgehead atoms. The van der Waals surface area contributed by atoms with Crippen molar-refractivity contribution in [1.82, 2.24) is 10.6 Å². The molecule has 37 heavy (non-hydrogen) atoms. The minimum Gasteiger partial charge on any atom is -0.489 e. The number of primary amides is 1. The first-order valence-electron chi connectivity index (χ1n) is 11.8. The maximum atomic E-state index is 14.1. The number of likely N-dealkylation sites (N-methyl/N-ethyl adjacent to an activating group) is 1. The minimum absolute atomic E-state index is 0. The van der Waals surface area contributed by atoms with Gasteiger partial charge in [-0.1, -0.05) is 66.7 Å². The van der Waals surface area contributed by atoms with Gasteiger partial charge >= 0.3 is 0 Å². The molecular weight excluding hydrogens is 492 g/mol. The summed E-state index contributed by atoms with van der Waals surface area (Å²) < 4.78 is 6.10. The molecule has 3 unspecified atom stereocenters. The van der Waals surface area contributed by atoms with E-state index >= 15 is 0 Å². The molecule has 0 aromatic heterocycles. The van der Waals surface area contributed by atoms with Crippen molar-refractivity contribution in [3.8, 4) is 5.75 Å². The highest BCUT2D eigenvalue weighted by molar-refractivity contribution is 6.07. The molecule has 3 aromatic rings. The first-order valence-corrected chi connectivity index (χ1v) is 11.8. The summed E-state index contributed by atoms with van der Waals surface area (Å²) in [6.45, 7) is 1.99. The van der Waals surface area contributed by atoms with Gasteiger partial charge in [-0.25, -0.2) is 0 Å². The standard InChI is InChI=1S/C28H30N4O4.ClH/c1-18(30-2)27(34)31-25(21-13-7-9-15-24(21)36-17-19-10-4-3-5-11-19)28(35)32-22-14-8-6-12-20(22)16-23(32)26(29)33;/h3-15,18,23,25,30H,16-17H2,1-2H3,(H2,29,33)(H,31,34);1H. The van der Waals surface area contributed by atoms with Crippen LogP contribution in [0, 0.1) is 0 Å². The summed E-state index contributed by atoms with van der Waals surface area (Å²) in [5, 5.41) is 5.76. The number of para-hydroxylation sites is 2. The van der Waals surface area contributed by atoms with Crippen LogP contribution in [0.15, 0.2) is 78.9 Å². The maximum absolute atomic E-state index is 14.1. The van der Waals surface area contributed by atoms with Gasteiger partial charge in [0.05, 0.1) is 6.04 Å². The van der Waals surface area contributed by atoms with Crippen LogP contribution in [0.25, 0.3) is 0 Å². The van der Waals surface area contributed by atoms with Crippen molar-refractivity contribution in [3.05, 3.63) is 95.6 Å². The predicted octanol–water partition coefficient (Wildman–Crippen LogP) is 2.90. The third kappa shape index (κ3) is 6.10. The Labute approximate surface area is 222 Å². The molecule has 0 fully saturated rings. The zero-order chi connectivity index (χ0) is 25.7. The molecule has 3 amide bonds. The van der Waals surface area contributed by atoms with Gasteiger partial charge in [-0.2, -0.15) is 0 Å². The Hall–Kier alpha value is -3.88. The second kappa shape index (κ2) is 12.4. The van der Waals surface area contributed by atoms with Crippen LogP contribution < -0.4 is 26.0 Å². The van der Waals surface area contributed by atoms with Crippen LogP contribution in [0.1, 0.15) is 29.7 Å². The highest BCUT2D eigenvalue weighted by Gasteiger charge is 2.41. The molecule has 0 saturated heterocycles. The number of halogens is 1. The number of ether oxygens (including phenoxy) is 1. The van der Waals surface area contributed by atoms with Gasteiger partial charge in [0.1, 0.15) is 24.4 Å². The fraction of sp³-hybridized carbons (Fsp3) is 0.250. The van der Waals surface area contributed by atoms with E-state index in [1.54, 1.807) is 50.4 Å². The highest BCUT2D eigenvalue weighted by Crippen LogP contribution is 2.36. The molecule has 3 aromatic carbocycles. The quantitative estimate of drug-likeness (QED) is 0.400. The van der Waals surface area contributed by atoms with Gasteiger partial charge in [0.2, 0.25) is 11.8 Å². The molecule has 3 atom stereocenters. The number of fused-ring (bicyclic) bond motifs is 1. The molecule has 0 radical (unpaired) electrons. The van der Waals surface area contributed by atoms with Crippen LogP contribution >= 0.6 is 12.4 Å². The molecule has 8 nitrogen and oxygen atoms in total. The number of carbonyl (C=O) groups is 3. The summed E-state index contributed by atoms with van der Waals surface area (Å²) in [6.07, 6.45) is 0.316. The summed E-state index contributed by atoms with van der Waals surface area (Å²) in [5.41, 5.74) is 8.60. The summed E-state index contributed by atoms with van der Waals surface area (Å²) in [4.78, 5) is 40.8. The van der Waals surface area contributed by atoms with Crippen molar-refractivity contribution in [2.75, 3.05) is 11.9 Å². The number of carbonyl (C=O) groups excluding carboxylic acids is 3. The normalized spacial score (nSPS) is 15.6. The Balaban J connectivity index is 0.00000380. The fourth-order valence-electron chi connectivity index (χ4n) is 4.28. The van der Waals surface area contributed by atoms with Gasteiger partial charge in [0.15, 0.2) is 0 Å². The summed E-state index contributed by atoms with van der Waals surface area (Å²) in [5.74, 6) is -0.977. The third-order valence-electron chi connectivity index (χ3n) is 6.37. The number of nitrogens with zero attached hydrogens (tertiary/aromatic N) is 1. The molecule has 4 rings (SSSR count). The molecule has 1 aliphatic heterocycles. The van der Waals surface area contributed by atoms with Crippen LogP contribution in [-0.2, 0) is 27.4 Å². The Morgan fingerprint density at radius 3 is 2.35 bits per heavy atom. The van der Waals surface area contributed by atoms with Crippen molar-refractivity contribution in [2.24, 2.45) is 5.73 Å². The van der Waals surface area contributed by atoms with E-state index in [0.717, 1.165) is 11.1 Å². The Kier molecular flexibility index (Phi) is 9.27. The van der Waals surface area contributed by atoms with E-state index in [9.17, 15) is 14.4 Å². The molecule has 1 heterocycles. The lowest BCUT2D eigenvalue weighted by Gasteiger charge is -2.30. The zero-order valence-electron chi connectivity index (χ0n) is 20.7. The Morgan fingerprint density at radius 1 is 1.00 bits per heavy atom. The lowest BCUT2D eigenvalue weighted by atomic mass is 10.0. The maximum Gasteiger partial charge on any atom is 0.255 e. The molecule has 1 aliphatic rings. The summed E-state index contributed by atoms with van der Waals surface area (Å²) in [7, 11) is 1.66. The van der Waals surface area contributed by atoms with E-state index < -0.39 is 29.9 Å². The number of amides is 3. The summed E-state index contributed by atoms with van der Waals surface area (Å²) >= 11 is 0. The lowest BCUT2D eigenvalue weighted by molar-refractivity contribution is -0.129. The number of hydrogen-bond acceptors (Lipinski definition) is 5. The zero-order valence-corrected chi connectivity index (χ0v) is 21.5. The molecule has 194 valence electrons. The fourth-order valence-corrected chi connectivity index (χ4v) is 4.28. The molecule has 0 aliphatic carbocycles. The van der Waals surface area contributed by atoms with Gasteiger partial charge in [-0.15, -0.1) is 12.4 Å². The average molecular weight is 523 g/mol. The van der Waals surface area contributed by atoms with Crippen molar-refractivity contribution in [3.63, 3.8) is 0 Å². The lowest BCUT2D eigenvalue weighted by Crippen LogP contribution is -2.52. The Morgan fingerprint density at radius 2 is 1.65 bits per heavy atom. The first kappa shape index (κ1) is 27.7. The average Bonchev–Trinajstić information content (AvgIpc) is 3.30. The van der Waals surface area contributed by atoms with Gasteiger partial charge in [0, 0.05) is 17.7 Å². The molecule has 9 heteroatoms. The number of nitrogens with two attached hydrogens (primary N) is 1. The largest absolute Gasteiger partial charge is 0.489 e. The number of anilines is 1. The van der Waals surface area contributed by atoms with E-state index in [2.05, 4.69) is 10.6 Å². The van der Waals surface area contributed by atoms with E-state index in [0.29, 0.717) is 23.4 Å². The topological polar surface area (TPSA) is 114 Å². The molecule has 0 spiro atoms. The predicted molar refractivity (Wildman–Crippen MR) is 144 cm³/mol. The van der Waals surface area contributed by atoms with Crippen LogP contribution in [0.3, 0.4) is 0 Å². The van der Waals surface area contributed by atoms with Crippen molar-refractivity contribution in [2.45, 2.75) is 38.1 Å². The van der Waals surface area contributed by atoms with E-state index in [1.165, 1.54) is 4.90 Å². The number of benzene rings is 3. The van der Waals surface area contributed by atoms with Crippen LogP contribution in [0.5, 0.6) is 5.75 Å². The Bertz CT molecular complexity index is 1250. The molecular formula is C28H31ClN4O4. The van der Waals surface area contributed by atoms with Gasteiger partial charge < -0.3 is 21.1 Å². The number of hydrogen-bond donors (Lipinski definition) is 3. The van der Waals surface area contributed by atoms with Crippen LogP contribution in [0.4, 0.5) is 5.69 Å². The first-order chi connectivity index (χ1) is 17.4. The second-order valence-electron chi connectivity index (χ2n) is 8.72. The molecule has 0 saturated carbocycles. The van der Waals surface area contributed by atoms with E-state index in [4.69, 9.17) is 10.5 Å².